The highest BCUT2D eigenvalue weighted by Gasteiger charge is 2.55. The van der Waals surface area contributed by atoms with E-state index in [-0.39, 0.29) is 0 Å². The van der Waals surface area contributed by atoms with Crippen molar-refractivity contribution in [2.24, 2.45) is 17.8 Å². The molecule has 1 unspecified atom stereocenters. The van der Waals surface area contributed by atoms with E-state index in [1.54, 1.807) is 11.3 Å². The average Bonchev–Trinajstić information content (AvgIpc) is 3.14. The van der Waals surface area contributed by atoms with Gasteiger partial charge in [0.25, 0.3) is 0 Å². The maximum Gasteiger partial charge on any atom is 0.226 e. The third-order valence-electron chi connectivity index (χ3n) is 5.68. The molecule has 4 rings (SSSR count). The van der Waals surface area contributed by atoms with Crippen LogP contribution in [0.3, 0.4) is 0 Å². The van der Waals surface area contributed by atoms with Crippen LogP contribution in [0.4, 0.5) is 0 Å². The Morgan fingerprint density at radius 3 is 2.50 bits per heavy atom. The van der Waals surface area contributed by atoms with E-state index in [0.717, 1.165) is 49.6 Å². The first kappa shape index (κ1) is 14.6. The summed E-state index contributed by atoms with van der Waals surface area (Å²) in [4.78, 5) is 21.8. The Bertz CT molecular complexity index is 538. The largest absolute Gasteiger partial charge is 0.340 e. The summed E-state index contributed by atoms with van der Waals surface area (Å²) in [6, 6.07) is 0. The van der Waals surface area contributed by atoms with Gasteiger partial charge >= 0.3 is 0 Å². The van der Waals surface area contributed by atoms with Gasteiger partial charge in [0.05, 0.1) is 10.7 Å². The van der Waals surface area contributed by atoms with Crippen LogP contribution in [0.15, 0.2) is 5.38 Å². The minimum absolute atomic E-state index is 0.384. The predicted octanol–water partition coefficient (Wildman–Crippen LogP) is 2.53. The van der Waals surface area contributed by atoms with Gasteiger partial charge in [0.2, 0.25) is 5.91 Å². The summed E-state index contributed by atoms with van der Waals surface area (Å²) in [5, 5.41) is 3.29. The van der Waals surface area contributed by atoms with Crippen molar-refractivity contribution in [3.63, 3.8) is 0 Å². The summed E-state index contributed by atoms with van der Waals surface area (Å²) in [7, 11) is 0. The molecule has 1 aromatic rings. The second kappa shape index (κ2) is 5.93. The molecular weight excluding hydrogens is 294 g/mol. The molecule has 0 radical (unpaired) electrons. The van der Waals surface area contributed by atoms with Gasteiger partial charge in [-0.15, -0.1) is 11.3 Å². The van der Waals surface area contributed by atoms with E-state index < -0.39 is 0 Å². The molecule has 2 saturated carbocycles. The average molecular weight is 319 g/mol. The number of fused-ring (bicyclic) bond motifs is 1. The fraction of sp³-hybridized carbons (Fsp3) is 0.765. The van der Waals surface area contributed by atoms with Crippen molar-refractivity contribution >= 4 is 17.2 Å². The Balaban J connectivity index is 1.28. The van der Waals surface area contributed by atoms with Crippen molar-refractivity contribution in [2.45, 2.75) is 39.2 Å². The summed E-state index contributed by atoms with van der Waals surface area (Å²) in [6.45, 7) is 6.77. The molecule has 3 aliphatic rings. The molecule has 5 heteroatoms. The van der Waals surface area contributed by atoms with Gasteiger partial charge in [0.1, 0.15) is 0 Å². The van der Waals surface area contributed by atoms with E-state index in [9.17, 15) is 4.79 Å². The third kappa shape index (κ3) is 2.81. The molecule has 1 aliphatic heterocycles. The van der Waals surface area contributed by atoms with Gasteiger partial charge in [-0.3, -0.25) is 9.69 Å². The Morgan fingerprint density at radius 2 is 1.91 bits per heavy atom. The maximum atomic E-state index is 12.7. The van der Waals surface area contributed by atoms with E-state index in [0.29, 0.717) is 11.8 Å². The summed E-state index contributed by atoms with van der Waals surface area (Å²) >= 11 is 1.72. The normalized spacial score (nSPS) is 31.9. The van der Waals surface area contributed by atoms with Crippen LogP contribution in [0.5, 0.6) is 0 Å². The zero-order valence-electron chi connectivity index (χ0n) is 13.3. The molecule has 3 fully saturated rings. The lowest BCUT2D eigenvalue weighted by Crippen LogP contribution is -2.49. The summed E-state index contributed by atoms with van der Waals surface area (Å²) in [5.74, 6) is 2.31. The molecule has 2 heterocycles. The lowest BCUT2D eigenvalue weighted by Gasteiger charge is -2.34. The van der Waals surface area contributed by atoms with Crippen LogP contribution in [0, 0.1) is 24.7 Å². The Labute approximate surface area is 136 Å². The molecule has 3 atom stereocenters. The second-order valence-electron chi connectivity index (χ2n) is 7.10. The molecule has 0 spiro atoms. The van der Waals surface area contributed by atoms with Crippen LogP contribution in [-0.2, 0) is 11.3 Å². The predicted molar refractivity (Wildman–Crippen MR) is 87.6 cm³/mol. The molecular formula is C17H25N3OS. The van der Waals surface area contributed by atoms with Gasteiger partial charge in [-0.2, -0.15) is 0 Å². The number of hydrogen-bond acceptors (Lipinski definition) is 4. The fourth-order valence-electron chi connectivity index (χ4n) is 4.41. The first-order chi connectivity index (χ1) is 10.7. The van der Waals surface area contributed by atoms with E-state index in [1.807, 2.05) is 0 Å². The van der Waals surface area contributed by atoms with Crippen molar-refractivity contribution < 1.29 is 4.79 Å². The van der Waals surface area contributed by atoms with Crippen LogP contribution >= 0.6 is 11.3 Å². The van der Waals surface area contributed by atoms with Crippen LogP contribution in [-0.4, -0.2) is 46.9 Å². The summed E-state index contributed by atoms with van der Waals surface area (Å²) in [6.07, 6.45) is 5.27. The molecule has 2 aliphatic carbocycles. The van der Waals surface area contributed by atoms with Crippen molar-refractivity contribution in [1.82, 2.24) is 14.8 Å². The first-order valence-corrected chi connectivity index (χ1v) is 9.52. The number of aryl methyl sites for hydroxylation is 1. The second-order valence-corrected chi connectivity index (χ2v) is 8.16. The lowest BCUT2D eigenvalue weighted by atomic mass is 10.0. The van der Waals surface area contributed by atoms with E-state index in [2.05, 4.69) is 27.1 Å². The molecule has 22 heavy (non-hydrogen) atoms. The molecule has 120 valence electrons. The Kier molecular flexibility index (Phi) is 3.95. The van der Waals surface area contributed by atoms with Crippen LogP contribution in [0.25, 0.3) is 0 Å². The number of carbonyl (C=O) groups excluding carboxylic acids is 1. The zero-order chi connectivity index (χ0) is 15.1. The number of nitrogens with zero attached hydrogens (tertiary/aromatic N) is 3. The number of amides is 1. The van der Waals surface area contributed by atoms with E-state index >= 15 is 0 Å². The first-order valence-electron chi connectivity index (χ1n) is 8.64. The van der Waals surface area contributed by atoms with E-state index in [1.165, 1.54) is 31.4 Å². The molecule has 1 saturated heterocycles. The number of hydrogen-bond donors (Lipinski definition) is 0. The van der Waals surface area contributed by atoms with E-state index in [4.69, 9.17) is 0 Å². The van der Waals surface area contributed by atoms with Gasteiger partial charge in [0.15, 0.2) is 0 Å². The van der Waals surface area contributed by atoms with Crippen molar-refractivity contribution in [1.29, 1.82) is 0 Å². The lowest BCUT2D eigenvalue weighted by molar-refractivity contribution is -0.135. The van der Waals surface area contributed by atoms with Crippen LogP contribution in [0.2, 0.25) is 0 Å². The van der Waals surface area contributed by atoms with Gasteiger partial charge in [0, 0.05) is 44.0 Å². The molecule has 0 bridgehead atoms. The Morgan fingerprint density at radius 1 is 1.23 bits per heavy atom. The smallest absolute Gasteiger partial charge is 0.226 e. The van der Waals surface area contributed by atoms with Gasteiger partial charge in [-0.05, 0) is 31.6 Å². The highest BCUT2D eigenvalue weighted by atomic mass is 32.1. The monoisotopic (exact) mass is 319 g/mol. The number of piperazine rings is 1. The SMILES string of the molecule is Cc1nc(CN2CCN(C(=O)C3[C@H]4CCCC[C@@H]34)CC2)cs1. The topological polar surface area (TPSA) is 36.4 Å². The van der Waals surface area contributed by atoms with Crippen molar-refractivity contribution in [3.05, 3.63) is 16.1 Å². The quantitative estimate of drug-likeness (QED) is 0.859. The van der Waals surface area contributed by atoms with Crippen molar-refractivity contribution in [3.8, 4) is 0 Å². The minimum atomic E-state index is 0.384. The highest BCUT2D eigenvalue weighted by Crippen LogP contribution is 2.56. The maximum absolute atomic E-state index is 12.7. The van der Waals surface area contributed by atoms with Gasteiger partial charge < -0.3 is 4.90 Å². The van der Waals surface area contributed by atoms with Crippen LogP contribution in [0.1, 0.15) is 36.4 Å². The summed E-state index contributed by atoms with van der Waals surface area (Å²) in [5.41, 5.74) is 1.18. The fourth-order valence-corrected chi connectivity index (χ4v) is 5.01. The molecule has 0 N–H and O–H groups in total. The third-order valence-corrected chi connectivity index (χ3v) is 6.50. The number of thiazole rings is 1. The number of carbonyl (C=O) groups is 1. The van der Waals surface area contributed by atoms with Crippen molar-refractivity contribution in [2.75, 3.05) is 26.2 Å². The number of rotatable bonds is 3. The zero-order valence-corrected chi connectivity index (χ0v) is 14.1. The number of aromatic nitrogens is 1. The standard InChI is InChI=1S/C17H25N3OS/c1-12-18-13(11-22-12)10-19-6-8-20(9-7-19)17(21)16-14-4-2-3-5-15(14)16/h11,14-16H,2-10H2,1H3/t14-,15+,16?. The Hall–Kier alpha value is -0.940. The van der Waals surface area contributed by atoms with Gasteiger partial charge in [-0.1, -0.05) is 12.8 Å². The molecule has 1 amide bonds. The van der Waals surface area contributed by atoms with Crippen LogP contribution < -0.4 is 0 Å². The molecule has 4 nitrogen and oxygen atoms in total. The summed E-state index contributed by atoms with van der Waals surface area (Å²) < 4.78 is 0. The highest BCUT2D eigenvalue weighted by molar-refractivity contribution is 7.09. The molecule has 0 aromatic carbocycles. The molecule has 1 aromatic heterocycles. The van der Waals surface area contributed by atoms with Gasteiger partial charge in [-0.25, -0.2) is 4.98 Å². The minimum Gasteiger partial charge on any atom is -0.340 e.